The van der Waals surface area contributed by atoms with Crippen LogP contribution >= 0.6 is 24.1 Å². The van der Waals surface area contributed by atoms with Gasteiger partial charge < -0.3 is 12.5 Å². The van der Waals surface area contributed by atoms with E-state index in [0.717, 1.165) is 30.3 Å². The number of rotatable bonds is 6. The van der Waals surface area contributed by atoms with Crippen molar-refractivity contribution in [1.82, 2.24) is 0 Å². The van der Waals surface area contributed by atoms with Gasteiger partial charge in [0.1, 0.15) is 0 Å². The molecule has 0 saturated carbocycles. The number of para-hydroxylation sites is 1. The lowest BCUT2D eigenvalue weighted by Gasteiger charge is -2.12. The van der Waals surface area contributed by atoms with Crippen molar-refractivity contribution in [3.63, 3.8) is 0 Å². The van der Waals surface area contributed by atoms with Gasteiger partial charge in [-0.15, -0.1) is 0 Å². The summed E-state index contributed by atoms with van der Waals surface area (Å²) in [5.41, 5.74) is 0. The highest BCUT2D eigenvalue weighted by atomic mass is 32.2. The fourth-order valence-electron chi connectivity index (χ4n) is 1.05. The first-order chi connectivity index (χ1) is 7.98. The molecule has 0 aliphatic heterocycles. The first-order valence-electron chi connectivity index (χ1n) is 4.41. The van der Waals surface area contributed by atoms with Crippen LogP contribution in [0.3, 0.4) is 0 Å². The van der Waals surface area contributed by atoms with Gasteiger partial charge in [0.05, 0.1) is 30.3 Å². The Morgan fingerprint density at radius 3 is 2.18 bits per heavy atom. The molecular weight excluding hydrogens is 284 g/mol. The Morgan fingerprint density at radius 1 is 1.06 bits per heavy atom. The van der Waals surface area contributed by atoms with E-state index in [0.29, 0.717) is 5.75 Å². The summed E-state index contributed by atoms with van der Waals surface area (Å²) in [4.78, 5) is 0. The van der Waals surface area contributed by atoms with Gasteiger partial charge in [0.25, 0.3) is 0 Å². The summed E-state index contributed by atoms with van der Waals surface area (Å²) in [7, 11) is -3.60. The molecule has 0 fully saturated rings. The van der Waals surface area contributed by atoms with Gasteiger partial charge in [0, 0.05) is 12.5 Å². The molecule has 0 aromatic heterocycles. The van der Waals surface area contributed by atoms with Gasteiger partial charge in [-0.05, 0) is 12.1 Å². The molecule has 5 nitrogen and oxygen atoms in total. The fourth-order valence-corrected chi connectivity index (χ4v) is 2.14. The van der Waals surface area contributed by atoms with E-state index in [2.05, 4.69) is 0 Å². The highest BCUT2D eigenvalue weighted by Gasteiger charge is 2.16. The van der Waals surface area contributed by atoms with Gasteiger partial charge in [-0.3, -0.25) is 0 Å². The zero-order valence-corrected chi connectivity index (χ0v) is 11.9. The molecule has 0 heterocycles. The second-order valence-electron chi connectivity index (χ2n) is 2.87. The van der Waals surface area contributed by atoms with Crippen LogP contribution in [0.15, 0.2) is 18.2 Å². The summed E-state index contributed by atoms with van der Waals surface area (Å²) >= 11 is 2.20. The molecule has 0 aliphatic rings. The molecule has 0 amide bonds. The van der Waals surface area contributed by atoms with Crippen LogP contribution in [0.5, 0.6) is 17.2 Å². The van der Waals surface area contributed by atoms with Crippen molar-refractivity contribution in [3.8, 4) is 17.2 Å². The summed E-state index contributed by atoms with van der Waals surface area (Å²) < 4.78 is 37.5. The third-order valence-corrected chi connectivity index (χ3v) is 2.69. The average molecular weight is 296 g/mol. The Hall–Kier alpha value is -0.730. The molecule has 8 heteroatoms. The third kappa shape index (κ3) is 4.57. The van der Waals surface area contributed by atoms with E-state index in [1.807, 2.05) is 0 Å². The van der Waals surface area contributed by atoms with Crippen LogP contribution in [0.2, 0.25) is 0 Å². The maximum Gasteiger partial charge on any atom is 0.306 e. The Balaban J connectivity index is 3.14. The molecule has 17 heavy (non-hydrogen) atoms. The summed E-state index contributed by atoms with van der Waals surface area (Å²) in [6.45, 7) is 0. The van der Waals surface area contributed by atoms with Crippen LogP contribution in [0.4, 0.5) is 0 Å². The van der Waals surface area contributed by atoms with Crippen molar-refractivity contribution in [2.45, 2.75) is 0 Å². The topological polar surface area (TPSA) is 61.8 Å². The lowest BCUT2D eigenvalue weighted by atomic mass is 10.3. The van der Waals surface area contributed by atoms with Crippen molar-refractivity contribution >= 4 is 34.2 Å². The fraction of sp³-hybridized carbons (Fsp3) is 0.333. The van der Waals surface area contributed by atoms with Crippen LogP contribution in [-0.4, -0.2) is 27.2 Å². The summed E-state index contributed by atoms with van der Waals surface area (Å²) in [5, 5.41) is 0. The summed E-state index contributed by atoms with van der Waals surface area (Å²) in [5.74, 6) is 0.765. The molecule has 0 N–H and O–H groups in total. The van der Waals surface area contributed by atoms with E-state index in [9.17, 15) is 8.42 Å². The summed E-state index contributed by atoms with van der Waals surface area (Å²) in [6, 6.07) is 4.79. The minimum Gasteiger partial charge on any atom is -0.422 e. The molecule has 1 aromatic rings. The van der Waals surface area contributed by atoms with E-state index < -0.39 is 10.1 Å². The Labute approximate surface area is 109 Å². The number of hydrogen-bond acceptors (Lipinski definition) is 7. The molecule has 0 bridgehead atoms. The Bertz CT molecular complexity index is 472. The molecule has 0 saturated heterocycles. The first kappa shape index (κ1) is 14.3. The minimum absolute atomic E-state index is 0.105. The predicted octanol–water partition coefficient (Wildman–Crippen LogP) is 2.34. The van der Waals surface area contributed by atoms with Gasteiger partial charge >= 0.3 is 10.1 Å². The second-order valence-corrected chi connectivity index (χ2v) is 5.45. The minimum atomic E-state index is -3.60. The molecular formula is C9H12O5S3. The number of benzene rings is 1. The summed E-state index contributed by atoms with van der Waals surface area (Å²) in [6.07, 6.45) is 4.42. The van der Waals surface area contributed by atoms with Crippen LogP contribution in [-0.2, 0) is 10.1 Å². The molecule has 0 spiro atoms. The zero-order chi connectivity index (χ0) is 12.9. The van der Waals surface area contributed by atoms with Crippen molar-refractivity contribution in [2.24, 2.45) is 0 Å². The van der Waals surface area contributed by atoms with Crippen LogP contribution in [0, 0.1) is 0 Å². The highest BCUT2D eigenvalue weighted by Crippen LogP contribution is 2.40. The van der Waals surface area contributed by atoms with Crippen LogP contribution in [0.25, 0.3) is 0 Å². The van der Waals surface area contributed by atoms with Gasteiger partial charge in [-0.2, -0.15) is 8.42 Å². The first-order valence-corrected chi connectivity index (χ1v) is 8.53. The normalized spacial score (nSPS) is 11.0. The smallest absolute Gasteiger partial charge is 0.306 e. The van der Waals surface area contributed by atoms with Crippen molar-refractivity contribution in [2.75, 3.05) is 18.8 Å². The van der Waals surface area contributed by atoms with Gasteiger partial charge in [0.15, 0.2) is 11.5 Å². The van der Waals surface area contributed by atoms with Crippen molar-refractivity contribution < 1.29 is 21.0 Å². The maximum atomic E-state index is 11.1. The second kappa shape index (κ2) is 6.27. The molecule has 96 valence electrons. The zero-order valence-electron chi connectivity index (χ0n) is 9.50. The van der Waals surface area contributed by atoms with Crippen LogP contribution in [0.1, 0.15) is 0 Å². The highest BCUT2D eigenvalue weighted by molar-refractivity contribution is 7.94. The number of hydrogen-bond donors (Lipinski definition) is 0. The molecule has 0 radical (unpaired) electrons. The van der Waals surface area contributed by atoms with E-state index in [1.54, 1.807) is 24.6 Å². The Morgan fingerprint density at radius 2 is 1.65 bits per heavy atom. The van der Waals surface area contributed by atoms with E-state index >= 15 is 0 Å². The molecule has 0 unspecified atom stereocenters. The lowest BCUT2D eigenvalue weighted by molar-refractivity contribution is 0.472. The van der Waals surface area contributed by atoms with Crippen molar-refractivity contribution in [1.29, 1.82) is 0 Å². The molecule has 1 aromatic carbocycles. The molecule has 0 atom stereocenters. The lowest BCUT2D eigenvalue weighted by Crippen LogP contribution is -2.06. The van der Waals surface area contributed by atoms with Gasteiger partial charge in [-0.25, -0.2) is 0 Å². The largest absolute Gasteiger partial charge is 0.422 e. The van der Waals surface area contributed by atoms with Crippen molar-refractivity contribution in [3.05, 3.63) is 18.2 Å². The Kier molecular flexibility index (Phi) is 5.29. The SMILES string of the molecule is CSOc1cccc(OS(C)(=O)=O)c1OSC. The monoisotopic (exact) mass is 296 g/mol. The predicted molar refractivity (Wildman–Crippen MR) is 70.2 cm³/mol. The maximum absolute atomic E-state index is 11.1. The van der Waals surface area contributed by atoms with E-state index in [4.69, 9.17) is 12.5 Å². The van der Waals surface area contributed by atoms with Gasteiger partial charge in [0.2, 0.25) is 5.75 Å². The standard InChI is InChI=1S/C9H12O5S3/c1-15-12-7-5-4-6-8(9(7)13-16-2)14-17(3,10)11/h4-6H,1-3H3. The van der Waals surface area contributed by atoms with Gasteiger partial charge in [-0.1, -0.05) is 6.07 Å². The van der Waals surface area contributed by atoms with E-state index in [-0.39, 0.29) is 11.5 Å². The third-order valence-electron chi connectivity index (χ3n) is 1.52. The molecule has 1 rings (SSSR count). The quantitative estimate of drug-likeness (QED) is 0.589. The van der Waals surface area contributed by atoms with Crippen LogP contribution < -0.4 is 12.5 Å². The molecule has 0 aliphatic carbocycles. The average Bonchev–Trinajstić information content (AvgIpc) is 2.21. The van der Waals surface area contributed by atoms with E-state index in [1.165, 1.54) is 6.07 Å².